The van der Waals surface area contributed by atoms with Gasteiger partial charge in [0, 0.05) is 7.05 Å². The number of rotatable bonds is 7. The second-order valence-corrected chi connectivity index (χ2v) is 7.00. The number of hydrogen-bond acceptors (Lipinski definition) is 5. The molecule has 0 saturated heterocycles. The van der Waals surface area contributed by atoms with Gasteiger partial charge in [-0.25, -0.2) is 0 Å². The summed E-state index contributed by atoms with van der Waals surface area (Å²) >= 11 is 1.36. The van der Waals surface area contributed by atoms with E-state index in [2.05, 4.69) is 15.5 Å². The van der Waals surface area contributed by atoms with E-state index in [-0.39, 0.29) is 17.7 Å². The first-order valence-electron chi connectivity index (χ1n) is 8.60. The van der Waals surface area contributed by atoms with Crippen LogP contribution in [0.15, 0.2) is 59.8 Å². The molecule has 6 nitrogen and oxygen atoms in total. The first kappa shape index (κ1) is 19.0. The molecule has 1 heterocycles. The molecule has 27 heavy (non-hydrogen) atoms. The molecule has 1 aromatic heterocycles. The normalized spacial score (nSPS) is 11.8. The highest BCUT2D eigenvalue weighted by atomic mass is 32.2. The molecule has 3 rings (SSSR count). The third-order valence-corrected chi connectivity index (χ3v) is 5.21. The summed E-state index contributed by atoms with van der Waals surface area (Å²) in [4.78, 5) is 12.3. The molecule has 0 aliphatic rings. The zero-order valence-corrected chi connectivity index (χ0v) is 16.4. The maximum absolute atomic E-state index is 12.3. The third kappa shape index (κ3) is 4.49. The largest absolute Gasteiger partial charge is 0.496 e. The Balaban J connectivity index is 1.64. The summed E-state index contributed by atoms with van der Waals surface area (Å²) in [6.45, 7) is 1.97. The van der Waals surface area contributed by atoms with E-state index in [1.54, 1.807) is 7.11 Å². The molecule has 7 heteroatoms. The van der Waals surface area contributed by atoms with Gasteiger partial charge >= 0.3 is 0 Å². The van der Waals surface area contributed by atoms with Gasteiger partial charge in [0.15, 0.2) is 11.0 Å². The number of hydrogen-bond donors (Lipinski definition) is 1. The number of aromatic nitrogens is 3. The Kier molecular flexibility index (Phi) is 6.13. The quantitative estimate of drug-likeness (QED) is 0.634. The van der Waals surface area contributed by atoms with Gasteiger partial charge in [0.1, 0.15) is 5.75 Å². The number of carbonyl (C=O) groups excluding carboxylic acids is 1. The third-order valence-electron chi connectivity index (χ3n) is 4.19. The van der Waals surface area contributed by atoms with Crippen molar-refractivity contribution in [3.63, 3.8) is 0 Å². The second kappa shape index (κ2) is 8.73. The predicted octanol–water partition coefficient (Wildman–Crippen LogP) is 3.46. The summed E-state index contributed by atoms with van der Waals surface area (Å²) < 4.78 is 7.27. The molecule has 3 aromatic rings. The van der Waals surface area contributed by atoms with Gasteiger partial charge in [0.2, 0.25) is 5.91 Å². The smallest absolute Gasteiger partial charge is 0.230 e. The number of nitrogens with one attached hydrogen (secondary N) is 1. The van der Waals surface area contributed by atoms with E-state index in [4.69, 9.17) is 4.74 Å². The van der Waals surface area contributed by atoms with E-state index in [1.165, 1.54) is 11.8 Å². The van der Waals surface area contributed by atoms with E-state index in [0.29, 0.717) is 11.0 Å². The van der Waals surface area contributed by atoms with Gasteiger partial charge in [-0.3, -0.25) is 4.79 Å². The highest BCUT2D eigenvalue weighted by Crippen LogP contribution is 2.29. The van der Waals surface area contributed by atoms with Crippen LogP contribution in [0.2, 0.25) is 0 Å². The Bertz CT molecular complexity index is 911. The molecule has 1 atom stereocenters. The van der Waals surface area contributed by atoms with E-state index in [1.807, 2.05) is 73.1 Å². The van der Waals surface area contributed by atoms with Crippen LogP contribution in [0.25, 0.3) is 11.4 Å². The Hall–Kier alpha value is -2.80. The number of benzene rings is 2. The van der Waals surface area contributed by atoms with E-state index >= 15 is 0 Å². The zero-order chi connectivity index (χ0) is 19.2. The van der Waals surface area contributed by atoms with Gasteiger partial charge in [0.25, 0.3) is 0 Å². The van der Waals surface area contributed by atoms with Crippen molar-refractivity contribution in [1.29, 1.82) is 0 Å². The highest BCUT2D eigenvalue weighted by molar-refractivity contribution is 7.99. The lowest BCUT2D eigenvalue weighted by molar-refractivity contribution is -0.119. The summed E-state index contributed by atoms with van der Waals surface area (Å²) in [7, 11) is 3.51. The lowest BCUT2D eigenvalue weighted by atomic mass is 10.1. The number of methoxy groups -OCH3 is 1. The number of amides is 1. The van der Waals surface area contributed by atoms with Crippen molar-refractivity contribution in [2.45, 2.75) is 18.1 Å². The summed E-state index contributed by atoms with van der Waals surface area (Å²) in [5.74, 6) is 1.67. The lowest BCUT2D eigenvalue weighted by Crippen LogP contribution is -2.28. The van der Waals surface area contributed by atoms with Crippen molar-refractivity contribution < 1.29 is 9.53 Å². The zero-order valence-electron chi connectivity index (χ0n) is 15.5. The molecule has 2 aromatic carbocycles. The van der Waals surface area contributed by atoms with Gasteiger partial charge in [-0.2, -0.15) is 0 Å². The Morgan fingerprint density at radius 3 is 2.59 bits per heavy atom. The van der Waals surface area contributed by atoms with Crippen LogP contribution in [0.1, 0.15) is 18.5 Å². The van der Waals surface area contributed by atoms with E-state index < -0.39 is 0 Å². The fourth-order valence-electron chi connectivity index (χ4n) is 2.74. The minimum Gasteiger partial charge on any atom is -0.496 e. The van der Waals surface area contributed by atoms with Crippen LogP contribution < -0.4 is 10.1 Å². The number of para-hydroxylation sites is 1. The fourth-order valence-corrected chi connectivity index (χ4v) is 3.46. The molecule has 1 unspecified atom stereocenters. The van der Waals surface area contributed by atoms with Crippen LogP contribution in [0, 0.1) is 0 Å². The van der Waals surface area contributed by atoms with Crippen LogP contribution >= 0.6 is 11.8 Å². The molecule has 0 fully saturated rings. The monoisotopic (exact) mass is 382 g/mol. The molecule has 1 amide bonds. The van der Waals surface area contributed by atoms with Crippen molar-refractivity contribution >= 4 is 17.7 Å². The second-order valence-electron chi connectivity index (χ2n) is 6.05. The summed E-state index contributed by atoms with van der Waals surface area (Å²) in [5, 5.41) is 12.2. The van der Waals surface area contributed by atoms with Gasteiger partial charge in [0.05, 0.1) is 24.5 Å². The Morgan fingerprint density at radius 1 is 1.15 bits per heavy atom. The maximum Gasteiger partial charge on any atom is 0.230 e. The van der Waals surface area contributed by atoms with Crippen molar-refractivity contribution in [2.24, 2.45) is 7.05 Å². The van der Waals surface area contributed by atoms with E-state index in [0.717, 1.165) is 16.9 Å². The Labute approximate surface area is 163 Å². The van der Waals surface area contributed by atoms with Crippen LogP contribution in [0.4, 0.5) is 0 Å². The van der Waals surface area contributed by atoms with Crippen LogP contribution in [-0.4, -0.2) is 33.5 Å². The van der Waals surface area contributed by atoms with Crippen molar-refractivity contribution in [1.82, 2.24) is 20.1 Å². The minimum absolute atomic E-state index is 0.0389. The molecule has 0 saturated carbocycles. The van der Waals surface area contributed by atoms with Gasteiger partial charge in [-0.05, 0) is 24.6 Å². The van der Waals surface area contributed by atoms with Gasteiger partial charge in [-0.15, -0.1) is 10.2 Å². The first-order chi connectivity index (χ1) is 13.1. The molecule has 0 spiro atoms. The molecule has 0 aliphatic carbocycles. The SMILES string of the molecule is COc1ccccc1-c1nnc(SCC(=O)NC(C)c2ccccc2)n1C. The van der Waals surface area contributed by atoms with Crippen molar-refractivity contribution in [3.8, 4) is 17.1 Å². The van der Waals surface area contributed by atoms with Gasteiger partial charge < -0.3 is 14.6 Å². The van der Waals surface area contributed by atoms with Crippen LogP contribution in [-0.2, 0) is 11.8 Å². The van der Waals surface area contributed by atoms with Gasteiger partial charge in [-0.1, -0.05) is 54.2 Å². The van der Waals surface area contributed by atoms with E-state index in [9.17, 15) is 4.79 Å². The van der Waals surface area contributed by atoms with Crippen LogP contribution in [0.5, 0.6) is 5.75 Å². The molecule has 1 N–H and O–H groups in total. The highest BCUT2D eigenvalue weighted by Gasteiger charge is 2.16. The molecule has 0 radical (unpaired) electrons. The molecule has 0 aliphatic heterocycles. The van der Waals surface area contributed by atoms with Crippen LogP contribution in [0.3, 0.4) is 0 Å². The number of carbonyl (C=O) groups is 1. The maximum atomic E-state index is 12.3. The number of nitrogens with zero attached hydrogens (tertiary/aromatic N) is 3. The van der Waals surface area contributed by atoms with Crippen molar-refractivity contribution in [2.75, 3.05) is 12.9 Å². The first-order valence-corrected chi connectivity index (χ1v) is 9.58. The standard InChI is InChI=1S/C20H22N4O2S/c1-14(15-9-5-4-6-10-15)21-18(25)13-27-20-23-22-19(24(20)2)16-11-7-8-12-17(16)26-3/h4-12,14H,13H2,1-3H3,(H,21,25). The Morgan fingerprint density at radius 2 is 1.85 bits per heavy atom. The molecular formula is C20H22N4O2S. The van der Waals surface area contributed by atoms with Crippen molar-refractivity contribution in [3.05, 3.63) is 60.2 Å². The average molecular weight is 382 g/mol. The molecular weight excluding hydrogens is 360 g/mol. The molecule has 0 bridgehead atoms. The summed E-state index contributed by atoms with van der Waals surface area (Å²) in [5.41, 5.74) is 1.94. The fraction of sp³-hybridized carbons (Fsp3) is 0.250. The number of ether oxygens (including phenoxy) is 1. The summed E-state index contributed by atoms with van der Waals surface area (Å²) in [6.07, 6.45) is 0. The summed E-state index contributed by atoms with van der Waals surface area (Å²) in [6, 6.07) is 17.5. The molecule has 140 valence electrons. The topological polar surface area (TPSA) is 69.0 Å². The predicted molar refractivity (Wildman–Crippen MR) is 107 cm³/mol. The lowest BCUT2D eigenvalue weighted by Gasteiger charge is -2.14. The minimum atomic E-state index is -0.0433. The number of thioether (sulfide) groups is 1. The average Bonchev–Trinajstić information content (AvgIpc) is 3.07.